The van der Waals surface area contributed by atoms with E-state index in [4.69, 9.17) is 17.3 Å². The van der Waals surface area contributed by atoms with Crippen molar-refractivity contribution in [2.45, 2.75) is 25.3 Å². The van der Waals surface area contributed by atoms with Crippen LogP contribution in [0.2, 0.25) is 5.02 Å². The average molecular weight is 254 g/mol. The van der Waals surface area contributed by atoms with Crippen LogP contribution < -0.4 is 16.4 Å². The number of hydrogen-bond donors (Lipinski definition) is 3. The summed E-state index contributed by atoms with van der Waals surface area (Å²) >= 11 is 5.93. The molecule has 0 bridgehead atoms. The van der Waals surface area contributed by atoms with E-state index in [-0.39, 0.29) is 5.91 Å². The zero-order chi connectivity index (χ0) is 12.3. The van der Waals surface area contributed by atoms with Crippen molar-refractivity contribution >= 4 is 28.9 Å². The molecule has 4 nitrogen and oxygen atoms in total. The van der Waals surface area contributed by atoms with Gasteiger partial charge in [0.15, 0.2) is 0 Å². The Balaban J connectivity index is 2.10. The van der Waals surface area contributed by atoms with Gasteiger partial charge in [-0.1, -0.05) is 11.6 Å². The minimum absolute atomic E-state index is 0.0892. The number of nitrogens with one attached hydrogen (secondary N) is 2. The Morgan fingerprint density at radius 2 is 2.18 bits per heavy atom. The van der Waals surface area contributed by atoms with Gasteiger partial charge in [-0.05, 0) is 31.0 Å². The molecule has 0 saturated heterocycles. The molecule has 1 fully saturated rings. The van der Waals surface area contributed by atoms with E-state index in [1.807, 2.05) is 12.1 Å². The molecule has 0 aliphatic heterocycles. The number of nitrogens with two attached hydrogens (primary N) is 1. The van der Waals surface area contributed by atoms with E-state index >= 15 is 0 Å². The first kappa shape index (κ1) is 12.2. The van der Waals surface area contributed by atoms with E-state index in [0.29, 0.717) is 24.0 Å². The number of rotatable bonds is 5. The van der Waals surface area contributed by atoms with Gasteiger partial charge in [0.1, 0.15) is 0 Å². The quantitative estimate of drug-likeness (QED) is 0.754. The van der Waals surface area contributed by atoms with Crippen molar-refractivity contribution in [1.82, 2.24) is 0 Å². The lowest BCUT2D eigenvalue weighted by Gasteiger charge is -2.12. The molecule has 1 saturated carbocycles. The monoisotopic (exact) mass is 253 g/mol. The van der Waals surface area contributed by atoms with Crippen molar-refractivity contribution in [3.05, 3.63) is 23.2 Å². The number of anilines is 2. The van der Waals surface area contributed by atoms with Crippen molar-refractivity contribution in [2.75, 3.05) is 17.2 Å². The highest BCUT2D eigenvalue weighted by atomic mass is 35.5. The number of carbonyl (C=O) groups excluding carboxylic acids is 1. The van der Waals surface area contributed by atoms with Crippen LogP contribution in [0.3, 0.4) is 0 Å². The van der Waals surface area contributed by atoms with Gasteiger partial charge in [0.05, 0.1) is 11.4 Å². The summed E-state index contributed by atoms with van der Waals surface area (Å²) in [5, 5.41) is 6.78. The van der Waals surface area contributed by atoms with E-state index in [0.717, 1.165) is 11.4 Å². The normalized spacial score (nSPS) is 14.5. The summed E-state index contributed by atoms with van der Waals surface area (Å²) in [6, 6.07) is 5.98. The highest BCUT2D eigenvalue weighted by Gasteiger charge is 2.22. The predicted molar refractivity (Wildman–Crippen MR) is 70.4 cm³/mol. The zero-order valence-electron chi connectivity index (χ0n) is 9.50. The molecule has 1 aromatic rings. The molecule has 5 heteroatoms. The molecule has 0 unspecified atom stereocenters. The van der Waals surface area contributed by atoms with Gasteiger partial charge in [0, 0.05) is 24.0 Å². The van der Waals surface area contributed by atoms with Crippen LogP contribution in [-0.4, -0.2) is 18.5 Å². The molecule has 0 heterocycles. The fourth-order valence-corrected chi connectivity index (χ4v) is 1.71. The molecule has 1 aliphatic rings. The SMILES string of the molecule is NCCC(=O)Nc1cc(Cl)ccc1NC1CC1. The van der Waals surface area contributed by atoms with Crippen LogP contribution >= 0.6 is 11.6 Å². The van der Waals surface area contributed by atoms with E-state index in [2.05, 4.69) is 10.6 Å². The minimum Gasteiger partial charge on any atom is -0.381 e. The van der Waals surface area contributed by atoms with Gasteiger partial charge in [-0.15, -0.1) is 0 Å². The maximum Gasteiger partial charge on any atom is 0.225 e. The maximum absolute atomic E-state index is 11.5. The molecule has 0 spiro atoms. The highest BCUT2D eigenvalue weighted by Crippen LogP contribution is 2.31. The number of benzene rings is 1. The summed E-state index contributed by atoms with van der Waals surface area (Å²) in [6.07, 6.45) is 2.67. The highest BCUT2D eigenvalue weighted by molar-refractivity contribution is 6.31. The summed E-state index contributed by atoms with van der Waals surface area (Å²) in [7, 11) is 0. The third-order valence-corrected chi connectivity index (χ3v) is 2.80. The maximum atomic E-state index is 11.5. The molecule has 1 aliphatic carbocycles. The molecule has 1 amide bonds. The van der Waals surface area contributed by atoms with Gasteiger partial charge in [0.2, 0.25) is 5.91 Å². The molecule has 0 radical (unpaired) electrons. The van der Waals surface area contributed by atoms with E-state index in [9.17, 15) is 4.79 Å². The van der Waals surface area contributed by atoms with Crippen LogP contribution in [0.25, 0.3) is 0 Å². The van der Waals surface area contributed by atoms with Crippen LogP contribution in [0.4, 0.5) is 11.4 Å². The smallest absolute Gasteiger partial charge is 0.225 e. The van der Waals surface area contributed by atoms with Crippen molar-refractivity contribution < 1.29 is 4.79 Å². The standard InChI is InChI=1S/C12H16ClN3O/c13-8-1-4-10(15-9-2-3-9)11(7-8)16-12(17)5-6-14/h1,4,7,9,15H,2-3,5-6,14H2,(H,16,17). The van der Waals surface area contributed by atoms with Gasteiger partial charge < -0.3 is 16.4 Å². The molecule has 92 valence electrons. The topological polar surface area (TPSA) is 67.2 Å². The molecule has 2 rings (SSSR count). The molecular formula is C12H16ClN3O. The Bertz CT molecular complexity index is 418. The van der Waals surface area contributed by atoms with E-state index < -0.39 is 0 Å². The summed E-state index contributed by atoms with van der Waals surface area (Å²) in [5.41, 5.74) is 6.98. The molecule has 17 heavy (non-hydrogen) atoms. The van der Waals surface area contributed by atoms with Crippen LogP contribution in [0.1, 0.15) is 19.3 Å². The van der Waals surface area contributed by atoms with Crippen LogP contribution in [-0.2, 0) is 4.79 Å². The Morgan fingerprint density at radius 3 is 2.82 bits per heavy atom. The van der Waals surface area contributed by atoms with Crippen LogP contribution in [0.5, 0.6) is 0 Å². The molecule has 0 atom stereocenters. The Hall–Kier alpha value is -1.26. The van der Waals surface area contributed by atoms with E-state index in [1.165, 1.54) is 12.8 Å². The fraction of sp³-hybridized carbons (Fsp3) is 0.417. The first-order valence-corrected chi connectivity index (χ1v) is 6.13. The lowest BCUT2D eigenvalue weighted by atomic mass is 10.2. The van der Waals surface area contributed by atoms with Crippen molar-refractivity contribution in [3.63, 3.8) is 0 Å². The lowest BCUT2D eigenvalue weighted by Crippen LogP contribution is -2.17. The Morgan fingerprint density at radius 1 is 1.41 bits per heavy atom. The summed E-state index contributed by atoms with van der Waals surface area (Å²) in [5.74, 6) is -0.0892. The number of amides is 1. The second-order valence-corrected chi connectivity index (χ2v) is 4.63. The first-order valence-electron chi connectivity index (χ1n) is 5.75. The minimum atomic E-state index is -0.0892. The third kappa shape index (κ3) is 3.61. The fourth-order valence-electron chi connectivity index (χ4n) is 1.54. The lowest BCUT2D eigenvalue weighted by molar-refractivity contribution is -0.116. The summed E-state index contributed by atoms with van der Waals surface area (Å²) in [6.45, 7) is 0.345. The molecule has 4 N–H and O–H groups in total. The van der Waals surface area contributed by atoms with Crippen molar-refractivity contribution in [3.8, 4) is 0 Å². The second kappa shape index (κ2) is 5.38. The number of hydrogen-bond acceptors (Lipinski definition) is 3. The molecular weight excluding hydrogens is 238 g/mol. The Kier molecular flexibility index (Phi) is 3.86. The van der Waals surface area contributed by atoms with Gasteiger partial charge >= 0.3 is 0 Å². The summed E-state index contributed by atoms with van der Waals surface area (Å²) in [4.78, 5) is 11.5. The molecule has 1 aromatic carbocycles. The third-order valence-electron chi connectivity index (χ3n) is 2.56. The second-order valence-electron chi connectivity index (χ2n) is 4.20. The largest absolute Gasteiger partial charge is 0.381 e. The van der Waals surface area contributed by atoms with Gasteiger partial charge in [-0.25, -0.2) is 0 Å². The Labute approximate surface area is 106 Å². The van der Waals surface area contributed by atoms with Gasteiger partial charge in [0.25, 0.3) is 0 Å². The summed E-state index contributed by atoms with van der Waals surface area (Å²) < 4.78 is 0. The van der Waals surface area contributed by atoms with Crippen LogP contribution in [0.15, 0.2) is 18.2 Å². The first-order chi connectivity index (χ1) is 8.19. The van der Waals surface area contributed by atoms with Gasteiger partial charge in [-0.2, -0.15) is 0 Å². The zero-order valence-corrected chi connectivity index (χ0v) is 10.3. The predicted octanol–water partition coefficient (Wildman–Crippen LogP) is 2.20. The van der Waals surface area contributed by atoms with Crippen LogP contribution in [0, 0.1) is 0 Å². The number of carbonyl (C=O) groups is 1. The van der Waals surface area contributed by atoms with Crippen molar-refractivity contribution in [2.24, 2.45) is 5.73 Å². The molecule has 0 aromatic heterocycles. The van der Waals surface area contributed by atoms with Gasteiger partial charge in [-0.3, -0.25) is 4.79 Å². The average Bonchev–Trinajstić information content (AvgIpc) is 3.06. The van der Waals surface area contributed by atoms with E-state index in [1.54, 1.807) is 6.07 Å². The number of halogens is 1. The van der Waals surface area contributed by atoms with Crippen molar-refractivity contribution in [1.29, 1.82) is 0 Å².